The van der Waals surface area contributed by atoms with Crippen LogP contribution < -0.4 is 4.74 Å². The number of hydrogen-bond acceptors (Lipinski definition) is 4. The van der Waals surface area contributed by atoms with Crippen LogP contribution in [0.15, 0.2) is 54.7 Å². The highest BCUT2D eigenvalue weighted by atomic mass is 16.5. The molecule has 1 aliphatic rings. The number of pyridine rings is 1. The predicted molar refractivity (Wildman–Crippen MR) is 111 cm³/mol. The Morgan fingerprint density at radius 1 is 1.11 bits per heavy atom. The molecule has 5 heteroatoms. The molecule has 5 nitrogen and oxygen atoms in total. The van der Waals surface area contributed by atoms with Gasteiger partial charge in [0.2, 0.25) is 11.8 Å². The number of carbonyl (C=O) groups excluding carboxylic acids is 1. The van der Waals surface area contributed by atoms with Crippen LogP contribution in [0.5, 0.6) is 5.88 Å². The summed E-state index contributed by atoms with van der Waals surface area (Å²) < 4.78 is 5.96. The lowest BCUT2D eigenvalue weighted by Crippen LogP contribution is -2.50. The summed E-state index contributed by atoms with van der Waals surface area (Å²) in [5, 5.41) is 0. The predicted octanol–water partition coefficient (Wildman–Crippen LogP) is 3.75. The lowest BCUT2D eigenvalue weighted by Gasteiger charge is -2.38. The van der Waals surface area contributed by atoms with Crippen molar-refractivity contribution in [3.63, 3.8) is 0 Å². The van der Waals surface area contributed by atoms with Gasteiger partial charge in [-0.3, -0.25) is 9.69 Å². The van der Waals surface area contributed by atoms with E-state index >= 15 is 0 Å². The smallest absolute Gasteiger partial charge is 0.237 e. The Hall–Kier alpha value is -2.40. The Balaban J connectivity index is 1.53. The molecule has 0 aliphatic carbocycles. The first-order chi connectivity index (χ1) is 13.4. The third kappa shape index (κ3) is 5.80. The Bertz CT molecular complexity index is 735. The summed E-state index contributed by atoms with van der Waals surface area (Å²) in [5.41, 5.74) is 0.945. The molecule has 0 N–H and O–H groups in total. The number of hydrogen-bond donors (Lipinski definition) is 0. The van der Waals surface area contributed by atoms with Crippen molar-refractivity contribution < 1.29 is 9.53 Å². The summed E-state index contributed by atoms with van der Waals surface area (Å²) in [5.74, 6) is 0.860. The third-order valence-corrected chi connectivity index (χ3v) is 5.11. The maximum absolute atomic E-state index is 13.1. The van der Waals surface area contributed by atoms with Gasteiger partial charge in [-0.25, -0.2) is 4.98 Å². The Morgan fingerprint density at radius 3 is 2.39 bits per heavy atom. The minimum atomic E-state index is -0.215. The van der Waals surface area contributed by atoms with Crippen molar-refractivity contribution in [3.8, 4) is 5.88 Å². The first kappa shape index (κ1) is 20.3. The van der Waals surface area contributed by atoms with E-state index in [1.165, 1.54) is 0 Å². The van der Waals surface area contributed by atoms with Crippen LogP contribution in [0.2, 0.25) is 0 Å². The first-order valence-corrected chi connectivity index (χ1v) is 10.1. The zero-order valence-corrected chi connectivity index (χ0v) is 17.2. The second-order valence-electron chi connectivity index (χ2n) is 8.40. The monoisotopic (exact) mass is 381 g/mol. The van der Waals surface area contributed by atoms with Crippen molar-refractivity contribution in [3.05, 3.63) is 60.3 Å². The zero-order chi connectivity index (χ0) is 20.0. The fourth-order valence-electron chi connectivity index (χ4n) is 3.51. The van der Waals surface area contributed by atoms with E-state index in [9.17, 15) is 4.79 Å². The molecule has 0 bridgehead atoms. The molecule has 1 saturated heterocycles. The number of likely N-dealkylation sites (tertiary alicyclic amines) is 1. The molecular weight excluding hydrogens is 350 g/mol. The van der Waals surface area contributed by atoms with E-state index in [-0.39, 0.29) is 17.6 Å². The number of rotatable bonds is 6. The third-order valence-electron chi connectivity index (χ3n) is 5.11. The van der Waals surface area contributed by atoms with Gasteiger partial charge in [0.1, 0.15) is 6.10 Å². The molecule has 1 aliphatic heterocycles. The van der Waals surface area contributed by atoms with E-state index in [2.05, 4.69) is 42.8 Å². The van der Waals surface area contributed by atoms with Crippen LogP contribution in [-0.2, 0) is 11.3 Å². The van der Waals surface area contributed by atoms with Crippen molar-refractivity contribution in [1.82, 2.24) is 14.8 Å². The van der Waals surface area contributed by atoms with Gasteiger partial charge in [0.25, 0.3) is 0 Å². The van der Waals surface area contributed by atoms with Gasteiger partial charge >= 0.3 is 0 Å². The maximum atomic E-state index is 13.1. The summed E-state index contributed by atoms with van der Waals surface area (Å²) in [6.45, 7) is 9.13. The number of piperidine rings is 1. The van der Waals surface area contributed by atoms with Crippen molar-refractivity contribution >= 4 is 5.91 Å². The number of benzene rings is 1. The molecule has 2 heterocycles. The highest BCUT2D eigenvalue weighted by molar-refractivity contribution is 5.79. The molecule has 0 unspecified atom stereocenters. The van der Waals surface area contributed by atoms with Gasteiger partial charge in [0.05, 0.1) is 6.54 Å². The molecule has 1 fully saturated rings. The van der Waals surface area contributed by atoms with E-state index in [0.717, 1.165) is 31.5 Å². The SMILES string of the molecule is CC(C)(C)N(Cc1ccccc1)C(=O)CN1CCC(Oc2ccccn2)CC1. The second kappa shape index (κ2) is 9.20. The summed E-state index contributed by atoms with van der Waals surface area (Å²) in [7, 11) is 0. The highest BCUT2D eigenvalue weighted by Crippen LogP contribution is 2.20. The Labute approximate surface area is 168 Å². The molecule has 1 amide bonds. The summed E-state index contributed by atoms with van der Waals surface area (Å²) in [6.07, 6.45) is 3.75. The molecular formula is C23H31N3O2. The Morgan fingerprint density at radius 2 is 1.79 bits per heavy atom. The van der Waals surface area contributed by atoms with Crippen LogP contribution in [-0.4, -0.2) is 52.0 Å². The quantitative estimate of drug-likeness (QED) is 0.764. The second-order valence-corrected chi connectivity index (χ2v) is 8.40. The van der Waals surface area contributed by atoms with Crippen molar-refractivity contribution in [2.45, 2.75) is 51.8 Å². The van der Waals surface area contributed by atoms with Gasteiger partial charge in [-0.15, -0.1) is 0 Å². The molecule has 28 heavy (non-hydrogen) atoms. The minimum Gasteiger partial charge on any atom is -0.474 e. The van der Waals surface area contributed by atoms with Gasteiger partial charge in [-0.1, -0.05) is 36.4 Å². The summed E-state index contributed by atoms with van der Waals surface area (Å²) >= 11 is 0. The Kier molecular flexibility index (Phi) is 6.68. The fraction of sp³-hybridized carbons (Fsp3) is 0.478. The molecule has 1 aromatic carbocycles. The molecule has 0 radical (unpaired) electrons. The van der Waals surface area contributed by atoms with E-state index in [4.69, 9.17) is 4.74 Å². The molecule has 3 rings (SSSR count). The average molecular weight is 382 g/mol. The van der Waals surface area contributed by atoms with Crippen LogP contribution in [0.25, 0.3) is 0 Å². The fourth-order valence-corrected chi connectivity index (χ4v) is 3.51. The molecule has 1 aromatic heterocycles. The van der Waals surface area contributed by atoms with Crippen LogP contribution >= 0.6 is 0 Å². The van der Waals surface area contributed by atoms with E-state index < -0.39 is 0 Å². The largest absolute Gasteiger partial charge is 0.474 e. The van der Waals surface area contributed by atoms with Gasteiger partial charge in [0, 0.05) is 37.4 Å². The molecule has 150 valence electrons. The van der Waals surface area contributed by atoms with E-state index in [0.29, 0.717) is 19.0 Å². The number of carbonyl (C=O) groups is 1. The van der Waals surface area contributed by atoms with Crippen LogP contribution in [0.3, 0.4) is 0 Å². The molecule has 0 saturated carbocycles. The van der Waals surface area contributed by atoms with Gasteiger partial charge in [-0.2, -0.15) is 0 Å². The minimum absolute atomic E-state index is 0.171. The van der Waals surface area contributed by atoms with Gasteiger partial charge < -0.3 is 9.64 Å². The van der Waals surface area contributed by atoms with Crippen LogP contribution in [0.4, 0.5) is 0 Å². The number of nitrogens with zero attached hydrogens (tertiary/aromatic N) is 3. The lowest BCUT2D eigenvalue weighted by molar-refractivity contribution is -0.138. The van der Waals surface area contributed by atoms with Crippen LogP contribution in [0, 0.1) is 0 Å². The van der Waals surface area contributed by atoms with Crippen LogP contribution in [0.1, 0.15) is 39.2 Å². The maximum Gasteiger partial charge on any atom is 0.237 e. The number of amides is 1. The average Bonchev–Trinajstić information content (AvgIpc) is 2.68. The first-order valence-electron chi connectivity index (χ1n) is 10.1. The summed E-state index contributed by atoms with van der Waals surface area (Å²) in [6, 6.07) is 15.9. The van der Waals surface area contributed by atoms with Gasteiger partial charge in [0.15, 0.2) is 0 Å². The van der Waals surface area contributed by atoms with Crippen molar-refractivity contribution in [2.24, 2.45) is 0 Å². The van der Waals surface area contributed by atoms with E-state index in [1.54, 1.807) is 6.20 Å². The van der Waals surface area contributed by atoms with Crippen molar-refractivity contribution in [1.29, 1.82) is 0 Å². The topological polar surface area (TPSA) is 45.7 Å². The molecule has 0 atom stereocenters. The van der Waals surface area contributed by atoms with E-state index in [1.807, 2.05) is 41.3 Å². The molecule has 0 spiro atoms. The van der Waals surface area contributed by atoms with Crippen molar-refractivity contribution in [2.75, 3.05) is 19.6 Å². The highest BCUT2D eigenvalue weighted by Gasteiger charge is 2.29. The standard InChI is InChI=1S/C23H31N3O2/c1-23(2,3)26(17-19-9-5-4-6-10-19)22(27)18-25-15-12-20(13-16-25)28-21-11-7-8-14-24-21/h4-11,14,20H,12-13,15-18H2,1-3H3. The summed E-state index contributed by atoms with van der Waals surface area (Å²) in [4.78, 5) is 21.5. The number of ether oxygens (including phenoxy) is 1. The normalized spacial score (nSPS) is 16.0. The zero-order valence-electron chi connectivity index (χ0n) is 17.2. The number of aromatic nitrogens is 1. The van der Waals surface area contributed by atoms with Gasteiger partial charge in [-0.05, 0) is 45.2 Å². The lowest BCUT2D eigenvalue weighted by atomic mass is 10.0. The molecule has 2 aromatic rings.